The minimum Gasteiger partial charge on any atom is -0.477 e. The Kier molecular flexibility index (Phi) is 3.31. The van der Waals surface area contributed by atoms with Crippen LogP contribution in [0.5, 0.6) is 0 Å². The number of thiazole rings is 1. The number of carbonyl (C=O) groups is 1. The molecule has 0 bridgehead atoms. The lowest BCUT2D eigenvalue weighted by Crippen LogP contribution is -2.12. The fourth-order valence-corrected chi connectivity index (χ4v) is 3.72. The third-order valence-corrected chi connectivity index (χ3v) is 5.16. The predicted octanol–water partition coefficient (Wildman–Crippen LogP) is 3.04. The number of thioether (sulfide) groups is 1. The van der Waals surface area contributed by atoms with Gasteiger partial charge in [-0.2, -0.15) is 0 Å². The highest BCUT2D eigenvalue weighted by Gasteiger charge is 2.19. The molecule has 82 valence electrons. The van der Waals surface area contributed by atoms with Gasteiger partial charge in [-0.25, -0.2) is 9.78 Å². The number of nitrogens with zero attached hydrogens (tertiary/aromatic N) is 1. The van der Waals surface area contributed by atoms with E-state index in [4.69, 9.17) is 5.11 Å². The highest BCUT2D eigenvalue weighted by atomic mass is 32.2. The summed E-state index contributed by atoms with van der Waals surface area (Å²) in [4.78, 5) is 15.4. The summed E-state index contributed by atoms with van der Waals surface area (Å²) in [5, 5.41) is 8.87. The molecule has 1 aliphatic carbocycles. The molecule has 0 atom stereocenters. The molecule has 2 rings (SSSR count). The quantitative estimate of drug-likeness (QED) is 0.826. The molecule has 15 heavy (non-hydrogen) atoms. The Labute approximate surface area is 96.9 Å². The molecule has 1 aromatic heterocycles. The molecular weight excluding hydrogens is 230 g/mol. The first-order valence-electron chi connectivity index (χ1n) is 5.00. The van der Waals surface area contributed by atoms with Gasteiger partial charge in [0.15, 0.2) is 4.34 Å². The highest BCUT2D eigenvalue weighted by Crippen LogP contribution is 2.34. The average Bonchev–Trinajstić information content (AvgIpc) is 2.44. The van der Waals surface area contributed by atoms with Crippen molar-refractivity contribution < 1.29 is 9.90 Å². The van der Waals surface area contributed by atoms with Crippen LogP contribution in [0.3, 0.4) is 0 Å². The Bertz CT molecular complexity index is 371. The van der Waals surface area contributed by atoms with E-state index in [1.807, 2.05) is 0 Å². The second kappa shape index (κ2) is 4.53. The number of hydrogen-bond acceptors (Lipinski definition) is 4. The van der Waals surface area contributed by atoms with Gasteiger partial charge in [0, 0.05) is 5.75 Å². The summed E-state index contributed by atoms with van der Waals surface area (Å²) >= 11 is 3.00. The summed E-state index contributed by atoms with van der Waals surface area (Å²) in [6, 6.07) is 0. The van der Waals surface area contributed by atoms with Gasteiger partial charge in [-0.15, -0.1) is 11.3 Å². The van der Waals surface area contributed by atoms with Crippen molar-refractivity contribution in [2.75, 3.05) is 5.75 Å². The lowest BCUT2D eigenvalue weighted by molar-refractivity contribution is 0.0701. The summed E-state index contributed by atoms with van der Waals surface area (Å²) in [5.74, 6) is 1.06. The van der Waals surface area contributed by atoms with Crippen LogP contribution in [0.2, 0.25) is 0 Å². The topological polar surface area (TPSA) is 50.2 Å². The Hall–Kier alpha value is -0.550. The molecule has 1 saturated carbocycles. The maximum Gasteiger partial charge on any atom is 0.347 e. The van der Waals surface area contributed by atoms with Crippen LogP contribution >= 0.6 is 23.1 Å². The van der Waals surface area contributed by atoms with E-state index in [0.717, 1.165) is 16.0 Å². The molecule has 0 unspecified atom stereocenters. The number of rotatable bonds is 4. The Morgan fingerprint density at radius 2 is 2.40 bits per heavy atom. The standard InChI is InChI=1S/C10H13NO2S2/c1-6-8(9(12)13)15-10(11-6)14-5-7-3-2-4-7/h7H,2-5H2,1H3,(H,12,13). The van der Waals surface area contributed by atoms with Crippen LogP contribution < -0.4 is 0 Å². The average molecular weight is 243 g/mol. The van der Waals surface area contributed by atoms with Crippen LogP contribution in [0.15, 0.2) is 4.34 Å². The fraction of sp³-hybridized carbons (Fsp3) is 0.600. The monoisotopic (exact) mass is 243 g/mol. The number of carboxylic acids is 1. The van der Waals surface area contributed by atoms with Crippen LogP contribution in [0.1, 0.15) is 34.6 Å². The van der Waals surface area contributed by atoms with Crippen molar-refractivity contribution in [2.45, 2.75) is 30.5 Å². The largest absolute Gasteiger partial charge is 0.477 e. The molecule has 0 radical (unpaired) electrons. The normalized spacial score (nSPS) is 16.3. The maximum absolute atomic E-state index is 10.8. The molecule has 0 amide bonds. The highest BCUT2D eigenvalue weighted by molar-refractivity contribution is 8.01. The minimum absolute atomic E-state index is 0.381. The van der Waals surface area contributed by atoms with Gasteiger partial charge in [-0.3, -0.25) is 0 Å². The lowest BCUT2D eigenvalue weighted by atomic mass is 9.87. The smallest absolute Gasteiger partial charge is 0.347 e. The van der Waals surface area contributed by atoms with Gasteiger partial charge >= 0.3 is 5.97 Å². The van der Waals surface area contributed by atoms with Gasteiger partial charge in [-0.1, -0.05) is 18.2 Å². The summed E-state index contributed by atoms with van der Waals surface area (Å²) < 4.78 is 0.900. The third kappa shape index (κ3) is 2.52. The van der Waals surface area contributed by atoms with Crippen LogP contribution in [-0.4, -0.2) is 21.8 Å². The van der Waals surface area contributed by atoms with E-state index in [-0.39, 0.29) is 0 Å². The Morgan fingerprint density at radius 1 is 1.67 bits per heavy atom. The lowest BCUT2D eigenvalue weighted by Gasteiger charge is -2.23. The molecule has 3 nitrogen and oxygen atoms in total. The first-order chi connectivity index (χ1) is 7.16. The second-order valence-corrected chi connectivity index (χ2v) is 6.07. The van der Waals surface area contributed by atoms with Crippen molar-refractivity contribution >= 4 is 29.1 Å². The zero-order valence-corrected chi connectivity index (χ0v) is 10.2. The van der Waals surface area contributed by atoms with Crippen molar-refractivity contribution in [1.29, 1.82) is 0 Å². The molecule has 0 aromatic carbocycles. The van der Waals surface area contributed by atoms with Crippen LogP contribution in [0, 0.1) is 12.8 Å². The van der Waals surface area contributed by atoms with Crippen LogP contribution in [0.25, 0.3) is 0 Å². The number of aromatic nitrogens is 1. The van der Waals surface area contributed by atoms with E-state index >= 15 is 0 Å². The second-order valence-electron chi connectivity index (χ2n) is 3.81. The maximum atomic E-state index is 10.8. The number of aromatic carboxylic acids is 1. The Balaban J connectivity index is 1.96. The summed E-state index contributed by atoms with van der Waals surface area (Å²) in [6.07, 6.45) is 3.99. The molecule has 1 aliphatic rings. The van der Waals surface area contributed by atoms with E-state index < -0.39 is 5.97 Å². The number of carboxylic acid groups (broad SMARTS) is 1. The van der Waals surface area contributed by atoms with Gasteiger partial charge in [-0.05, 0) is 25.7 Å². The van der Waals surface area contributed by atoms with Gasteiger partial charge in [0.1, 0.15) is 4.88 Å². The van der Waals surface area contributed by atoms with Crippen molar-refractivity contribution in [3.05, 3.63) is 10.6 Å². The minimum atomic E-state index is -0.861. The van der Waals surface area contributed by atoms with Crippen molar-refractivity contribution in [3.8, 4) is 0 Å². The van der Waals surface area contributed by atoms with Gasteiger partial charge < -0.3 is 5.11 Å². The molecule has 1 aromatic rings. The molecule has 1 heterocycles. The van der Waals surface area contributed by atoms with Gasteiger partial charge in [0.25, 0.3) is 0 Å². The molecule has 1 fully saturated rings. The first-order valence-corrected chi connectivity index (χ1v) is 6.80. The molecule has 5 heteroatoms. The zero-order valence-electron chi connectivity index (χ0n) is 8.52. The van der Waals surface area contributed by atoms with E-state index in [2.05, 4.69) is 4.98 Å². The SMILES string of the molecule is Cc1nc(SCC2CCC2)sc1C(=O)O. The molecule has 0 spiro atoms. The van der Waals surface area contributed by atoms with Crippen molar-refractivity contribution in [3.63, 3.8) is 0 Å². The molecule has 0 aliphatic heterocycles. The number of hydrogen-bond donors (Lipinski definition) is 1. The summed E-state index contributed by atoms with van der Waals surface area (Å²) in [6.45, 7) is 1.76. The van der Waals surface area contributed by atoms with E-state index in [0.29, 0.717) is 10.6 Å². The molecular formula is C10H13NO2S2. The zero-order chi connectivity index (χ0) is 10.8. The van der Waals surface area contributed by atoms with Crippen LogP contribution in [0.4, 0.5) is 0 Å². The van der Waals surface area contributed by atoms with Crippen molar-refractivity contribution in [2.24, 2.45) is 5.92 Å². The molecule has 0 saturated heterocycles. The predicted molar refractivity (Wildman–Crippen MR) is 61.9 cm³/mol. The van der Waals surface area contributed by atoms with E-state index in [1.165, 1.54) is 30.6 Å². The summed E-state index contributed by atoms with van der Waals surface area (Å²) in [7, 11) is 0. The van der Waals surface area contributed by atoms with Crippen LogP contribution in [-0.2, 0) is 0 Å². The number of aryl methyl sites for hydroxylation is 1. The van der Waals surface area contributed by atoms with E-state index in [9.17, 15) is 4.79 Å². The molecule has 1 N–H and O–H groups in total. The summed E-state index contributed by atoms with van der Waals surface area (Å²) in [5.41, 5.74) is 0.642. The van der Waals surface area contributed by atoms with Gasteiger partial charge in [0.05, 0.1) is 5.69 Å². The van der Waals surface area contributed by atoms with E-state index in [1.54, 1.807) is 18.7 Å². The first kappa shape index (κ1) is 11.0. The third-order valence-electron chi connectivity index (χ3n) is 2.64. The fourth-order valence-electron chi connectivity index (χ4n) is 1.48. The van der Waals surface area contributed by atoms with Gasteiger partial charge in [0.2, 0.25) is 0 Å². The Morgan fingerprint density at radius 3 is 2.87 bits per heavy atom. The van der Waals surface area contributed by atoms with Crippen molar-refractivity contribution in [1.82, 2.24) is 4.98 Å².